The van der Waals surface area contributed by atoms with Crippen molar-refractivity contribution in [1.82, 2.24) is 30.2 Å². The van der Waals surface area contributed by atoms with Crippen molar-refractivity contribution < 1.29 is 23.9 Å². The highest BCUT2D eigenvalue weighted by molar-refractivity contribution is 6.00. The average Bonchev–Trinajstić information content (AvgIpc) is 3.39. The maximum Gasteiger partial charge on any atom is 0.330 e. The van der Waals surface area contributed by atoms with Gasteiger partial charge in [-0.3, -0.25) is 19.2 Å². The molecule has 42 heavy (non-hydrogen) atoms. The number of aryl methyl sites for hydroxylation is 1. The van der Waals surface area contributed by atoms with Crippen LogP contribution in [0.15, 0.2) is 41.5 Å². The molecule has 4 fully saturated rings. The number of amides is 3. The average molecular weight is 580 g/mol. The SMILES string of the molecule is COC(=O)/C=C/CC[C@H](NC(=O)c1cnnn1C)C(=O)Nc1cccn(CC(=O)NC2C3CC4CC(C3)CC2C4)c1=O. The lowest BCUT2D eigenvalue weighted by molar-refractivity contribution is -0.134. The summed E-state index contributed by atoms with van der Waals surface area (Å²) in [5, 5.41) is 15.9. The molecule has 1 atom stereocenters. The highest BCUT2D eigenvalue weighted by Gasteiger charge is 2.48. The van der Waals surface area contributed by atoms with Crippen molar-refractivity contribution in [2.24, 2.45) is 30.7 Å². The monoisotopic (exact) mass is 579 g/mol. The number of methoxy groups -OCH3 is 1. The standard InChI is InChI=1S/C29H37N7O6/c1-35-23(15-30-34-35)28(40)31-21(6-3-4-8-25(38)42-2)27(39)32-22-7-5-9-36(29(22)41)16-24(37)33-26-19-11-17-10-18(13-19)14-20(26)12-17/h4-5,7-9,15,17-21,26H,3,6,10-14,16H2,1-2H3,(H,31,40)(H,32,39)(H,33,37)/b8-4+/t17?,18?,19?,20?,21-,26?/m0/s1. The topological polar surface area (TPSA) is 166 Å². The van der Waals surface area contributed by atoms with Gasteiger partial charge in [-0.1, -0.05) is 11.3 Å². The zero-order valence-electron chi connectivity index (χ0n) is 23.8. The van der Waals surface area contributed by atoms with Crippen LogP contribution in [0.2, 0.25) is 0 Å². The Morgan fingerprint density at radius 3 is 2.48 bits per heavy atom. The molecule has 6 rings (SSSR count). The van der Waals surface area contributed by atoms with E-state index >= 15 is 0 Å². The third-order valence-corrected chi connectivity index (χ3v) is 8.79. The second-order valence-corrected chi connectivity index (χ2v) is 11.6. The maximum atomic E-state index is 13.3. The summed E-state index contributed by atoms with van der Waals surface area (Å²) >= 11 is 0. The third-order valence-electron chi connectivity index (χ3n) is 8.79. The molecule has 2 heterocycles. The van der Waals surface area contributed by atoms with Gasteiger partial charge in [0.15, 0.2) is 0 Å². The number of nitrogens with zero attached hydrogens (tertiary/aromatic N) is 4. The Kier molecular flexibility index (Phi) is 8.83. The van der Waals surface area contributed by atoms with Crippen LogP contribution in [0, 0.1) is 23.7 Å². The van der Waals surface area contributed by atoms with Crippen molar-refractivity contribution in [3.05, 3.63) is 52.7 Å². The number of ether oxygens (including phenoxy) is 1. The number of esters is 1. The van der Waals surface area contributed by atoms with E-state index in [-0.39, 0.29) is 42.7 Å². The Morgan fingerprint density at radius 2 is 1.83 bits per heavy atom. The van der Waals surface area contributed by atoms with E-state index in [1.165, 1.54) is 79.1 Å². The molecule has 4 aliphatic carbocycles. The van der Waals surface area contributed by atoms with Crippen molar-refractivity contribution in [3.8, 4) is 0 Å². The molecule has 0 spiro atoms. The van der Waals surface area contributed by atoms with Gasteiger partial charge < -0.3 is 25.3 Å². The van der Waals surface area contributed by atoms with Crippen molar-refractivity contribution in [2.45, 2.75) is 63.6 Å². The van der Waals surface area contributed by atoms with E-state index in [0.29, 0.717) is 11.8 Å². The van der Waals surface area contributed by atoms with E-state index in [0.717, 1.165) is 11.8 Å². The molecule has 3 amide bonds. The first kappa shape index (κ1) is 29.2. The smallest absolute Gasteiger partial charge is 0.330 e. The Bertz CT molecular complexity index is 1400. The van der Waals surface area contributed by atoms with E-state index in [9.17, 15) is 24.0 Å². The Morgan fingerprint density at radius 1 is 1.12 bits per heavy atom. The number of rotatable bonds is 11. The Hall–Kier alpha value is -4.29. The predicted octanol–water partition coefficient (Wildman–Crippen LogP) is 1.16. The summed E-state index contributed by atoms with van der Waals surface area (Å²) in [7, 11) is 2.80. The summed E-state index contributed by atoms with van der Waals surface area (Å²) in [6.07, 6.45) is 12.0. The van der Waals surface area contributed by atoms with Crippen LogP contribution in [-0.2, 0) is 32.7 Å². The van der Waals surface area contributed by atoms with Crippen molar-refractivity contribution in [2.75, 3.05) is 12.4 Å². The zero-order valence-corrected chi connectivity index (χ0v) is 23.8. The number of hydrogen-bond acceptors (Lipinski definition) is 8. The predicted molar refractivity (Wildman–Crippen MR) is 151 cm³/mol. The van der Waals surface area contributed by atoms with Gasteiger partial charge in [-0.05, 0) is 80.8 Å². The molecular formula is C29H37N7O6. The summed E-state index contributed by atoms with van der Waals surface area (Å²) in [6, 6.07) is 2.15. The molecule has 0 unspecified atom stereocenters. The minimum absolute atomic E-state index is 0.0172. The normalized spacial score (nSPS) is 24.8. The number of carbonyl (C=O) groups is 4. The van der Waals surface area contributed by atoms with E-state index in [1.807, 2.05) is 0 Å². The number of carbonyl (C=O) groups excluding carboxylic acids is 4. The lowest BCUT2D eigenvalue weighted by Gasteiger charge is -2.54. The summed E-state index contributed by atoms with van der Waals surface area (Å²) in [4.78, 5) is 63.7. The summed E-state index contributed by atoms with van der Waals surface area (Å²) in [5.41, 5.74) is -0.404. The summed E-state index contributed by atoms with van der Waals surface area (Å²) in [6.45, 7) is -0.155. The lowest BCUT2D eigenvalue weighted by Crippen LogP contribution is -2.56. The van der Waals surface area contributed by atoms with Gasteiger partial charge in [0, 0.05) is 25.4 Å². The van der Waals surface area contributed by atoms with E-state index in [1.54, 1.807) is 13.1 Å². The molecule has 0 saturated heterocycles. The fraction of sp³-hybridized carbons (Fsp3) is 0.552. The number of anilines is 1. The molecule has 4 saturated carbocycles. The van der Waals surface area contributed by atoms with Gasteiger partial charge in [0.2, 0.25) is 11.8 Å². The van der Waals surface area contributed by atoms with Crippen LogP contribution < -0.4 is 21.5 Å². The molecule has 2 aromatic rings. The van der Waals surface area contributed by atoms with E-state index in [2.05, 4.69) is 31.0 Å². The van der Waals surface area contributed by atoms with Crippen LogP contribution in [0.1, 0.15) is 55.4 Å². The quantitative estimate of drug-likeness (QED) is 0.263. The lowest BCUT2D eigenvalue weighted by atomic mass is 9.54. The van der Waals surface area contributed by atoms with Gasteiger partial charge in [0.25, 0.3) is 11.5 Å². The van der Waals surface area contributed by atoms with Crippen molar-refractivity contribution >= 4 is 29.4 Å². The minimum atomic E-state index is -1.05. The molecule has 13 nitrogen and oxygen atoms in total. The van der Waals surface area contributed by atoms with Crippen LogP contribution in [0.4, 0.5) is 5.69 Å². The fourth-order valence-electron chi connectivity index (χ4n) is 7.03. The maximum absolute atomic E-state index is 13.3. The largest absolute Gasteiger partial charge is 0.466 e. The van der Waals surface area contributed by atoms with Crippen molar-refractivity contribution in [1.29, 1.82) is 0 Å². The van der Waals surface area contributed by atoms with Crippen LogP contribution in [0.5, 0.6) is 0 Å². The molecule has 2 aromatic heterocycles. The molecule has 4 bridgehead atoms. The second-order valence-electron chi connectivity index (χ2n) is 11.6. The highest BCUT2D eigenvalue weighted by Crippen LogP contribution is 2.53. The molecule has 4 aliphatic rings. The zero-order chi connectivity index (χ0) is 29.8. The number of hydrogen-bond donors (Lipinski definition) is 3. The summed E-state index contributed by atoms with van der Waals surface area (Å²) < 4.78 is 7.11. The van der Waals surface area contributed by atoms with E-state index in [4.69, 9.17) is 0 Å². The Balaban J connectivity index is 1.23. The van der Waals surface area contributed by atoms with Gasteiger partial charge in [0.1, 0.15) is 24.0 Å². The van der Waals surface area contributed by atoms with Gasteiger partial charge >= 0.3 is 5.97 Å². The first-order chi connectivity index (χ1) is 20.2. The first-order valence-electron chi connectivity index (χ1n) is 14.4. The van der Waals surface area contributed by atoms with Gasteiger partial charge in [-0.15, -0.1) is 5.10 Å². The first-order valence-corrected chi connectivity index (χ1v) is 14.4. The molecule has 3 N–H and O–H groups in total. The van der Waals surface area contributed by atoms with Crippen LogP contribution in [0.25, 0.3) is 0 Å². The molecule has 0 aliphatic heterocycles. The number of pyridine rings is 1. The van der Waals surface area contributed by atoms with Crippen LogP contribution in [-0.4, -0.2) is 62.4 Å². The van der Waals surface area contributed by atoms with Crippen LogP contribution in [0.3, 0.4) is 0 Å². The number of allylic oxidation sites excluding steroid dienone is 1. The third kappa shape index (κ3) is 6.60. The van der Waals surface area contributed by atoms with Crippen LogP contribution >= 0.6 is 0 Å². The van der Waals surface area contributed by atoms with Crippen molar-refractivity contribution in [3.63, 3.8) is 0 Å². The van der Waals surface area contributed by atoms with E-state index < -0.39 is 29.4 Å². The minimum Gasteiger partial charge on any atom is -0.466 e. The molecule has 0 aromatic carbocycles. The fourth-order valence-corrected chi connectivity index (χ4v) is 7.03. The number of nitrogens with one attached hydrogen (secondary N) is 3. The molecule has 0 radical (unpaired) electrons. The Labute approximate surface area is 243 Å². The van der Waals surface area contributed by atoms with Gasteiger partial charge in [-0.25, -0.2) is 9.48 Å². The summed E-state index contributed by atoms with van der Waals surface area (Å²) in [5.74, 6) is 0.658. The van der Waals surface area contributed by atoms with Gasteiger partial charge in [0.05, 0.1) is 13.3 Å². The highest BCUT2D eigenvalue weighted by atomic mass is 16.5. The molecular weight excluding hydrogens is 542 g/mol. The van der Waals surface area contributed by atoms with Gasteiger partial charge in [-0.2, -0.15) is 0 Å². The molecule has 13 heteroatoms. The number of aromatic nitrogens is 4. The second kappa shape index (κ2) is 12.7. The molecule has 224 valence electrons.